The van der Waals surface area contributed by atoms with Crippen molar-refractivity contribution in [2.24, 2.45) is 5.73 Å². The van der Waals surface area contributed by atoms with Gasteiger partial charge >= 0.3 is 0 Å². The molecule has 0 heterocycles. The number of nitrogen functional groups attached to an aromatic ring is 1. The third-order valence-corrected chi connectivity index (χ3v) is 1.85. The molecule has 1 amide bonds. The van der Waals surface area contributed by atoms with Crippen LogP contribution in [0.1, 0.15) is 10.4 Å². The number of rotatable bonds is 3. The SMILES string of the molecule is COc1ccc(C(N)=O)c(OC)c1N. The normalized spacial score (nSPS) is 9.57. The van der Waals surface area contributed by atoms with Crippen molar-refractivity contribution in [1.29, 1.82) is 0 Å². The molecule has 0 aliphatic heterocycles. The lowest BCUT2D eigenvalue weighted by molar-refractivity contribution is 0.0997. The van der Waals surface area contributed by atoms with Gasteiger partial charge in [0.1, 0.15) is 11.4 Å². The third-order valence-electron chi connectivity index (χ3n) is 1.85. The Bertz CT molecular complexity index is 363. The number of amides is 1. The number of methoxy groups -OCH3 is 2. The Hall–Kier alpha value is -1.91. The maximum atomic E-state index is 11.0. The number of anilines is 1. The first kappa shape index (κ1) is 10.2. The third kappa shape index (κ3) is 1.56. The topological polar surface area (TPSA) is 87.6 Å². The minimum atomic E-state index is -0.587. The monoisotopic (exact) mass is 196 g/mol. The molecule has 0 unspecified atom stereocenters. The molecule has 0 saturated heterocycles. The van der Waals surface area contributed by atoms with Crippen molar-refractivity contribution in [2.45, 2.75) is 0 Å². The molecule has 0 fully saturated rings. The molecule has 1 aromatic carbocycles. The van der Waals surface area contributed by atoms with E-state index in [0.29, 0.717) is 5.75 Å². The lowest BCUT2D eigenvalue weighted by Crippen LogP contribution is -2.13. The fraction of sp³-hybridized carbons (Fsp3) is 0.222. The van der Waals surface area contributed by atoms with E-state index >= 15 is 0 Å². The zero-order valence-corrected chi connectivity index (χ0v) is 8.03. The van der Waals surface area contributed by atoms with Crippen LogP contribution >= 0.6 is 0 Å². The van der Waals surface area contributed by atoms with Crippen molar-refractivity contribution in [3.63, 3.8) is 0 Å². The van der Waals surface area contributed by atoms with E-state index in [4.69, 9.17) is 20.9 Å². The van der Waals surface area contributed by atoms with E-state index in [1.165, 1.54) is 20.3 Å². The molecule has 14 heavy (non-hydrogen) atoms. The minimum Gasteiger partial charge on any atom is -0.494 e. The number of carbonyl (C=O) groups excluding carboxylic acids is 1. The average Bonchev–Trinajstić information content (AvgIpc) is 2.17. The van der Waals surface area contributed by atoms with Gasteiger partial charge in [-0.15, -0.1) is 0 Å². The molecule has 5 nitrogen and oxygen atoms in total. The van der Waals surface area contributed by atoms with E-state index in [2.05, 4.69) is 0 Å². The number of primary amides is 1. The molecule has 1 aromatic rings. The molecular weight excluding hydrogens is 184 g/mol. The zero-order valence-electron chi connectivity index (χ0n) is 8.03. The van der Waals surface area contributed by atoms with E-state index < -0.39 is 5.91 Å². The maximum absolute atomic E-state index is 11.0. The van der Waals surface area contributed by atoms with Gasteiger partial charge in [0.2, 0.25) is 0 Å². The first-order chi connectivity index (χ1) is 6.61. The Kier molecular flexibility index (Phi) is 2.81. The summed E-state index contributed by atoms with van der Waals surface area (Å²) in [4.78, 5) is 11.0. The Morgan fingerprint density at radius 3 is 2.36 bits per heavy atom. The molecule has 1 rings (SSSR count). The fourth-order valence-electron chi connectivity index (χ4n) is 1.17. The van der Waals surface area contributed by atoms with Crippen molar-refractivity contribution < 1.29 is 14.3 Å². The Balaban J connectivity index is 3.35. The second kappa shape index (κ2) is 3.87. The smallest absolute Gasteiger partial charge is 0.252 e. The highest BCUT2D eigenvalue weighted by molar-refractivity contribution is 5.98. The molecular formula is C9H12N2O3. The van der Waals surface area contributed by atoms with Gasteiger partial charge in [-0.3, -0.25) is 4.79 Å². The van der Waals surface area contributed by atoms with Crippen LogP contribution in [0.15, 0.2) is 12.1 Å². The van der Waals surface area contributed by atoms with Gasteiger partial charge in [-0.1, -0.05) is 0 Å². The predicted octanol–water partition coefficient (Wildman–Crippen LogP) is 0.385. The minimum absolute atomic E-state index is 0.241. The van der Waals surface area contributed by atoms with Crippen LogP contribution in [0.5, 0.6) is 11.5 Å². The van der Waals surface area contributed by atoms with E-state index in [1.807, 2.05) is 0 Å². The summed E-state index contributed by atoms with van der Waals surface area (Å²) in [5.74, 6) is 0.111. The van der Waals surface area contributed by atoms with Crippen LogP contribution in [0.4, 0.5) is 5.69 Å². The molecule has 5 heteroatoms. The van der Waals surface area contributed by atoms with E-state index in [-0.39, 0.29) is 17.0 Å². The Labute approximate surface area is 81.6 Å². The molecule has 76 valence electrons. The highest BCUT2D eigenvalue weighted by atomic mass is 16.5. The molecule has 0 spiro atoms. The zero-order chi connectivity index (χ0) is 10.7. The van der Waals surface area contributed by atoms with E-state index in [0.717, 1.165) is 0 Å². The molecule has 0 aromatic heterocycles. The molecule has 4 N–H and O–H groups in total. The number of nitrogens with two attached hydrogens (primary N) is 2. The summed E-state index contributed by atoms with van der Waals surface area (Å²) in [7, 11) is 2.90. The number of hydrogen-bond donors (Lipinski definition) is 2. The van der Waals surface area contributed by atoms with Gasteiger partial charge in [-0.05, 0) is 12.1 Å². The van der Waals surface area contributed by atoms with Gasteiger partial charge in [0, 0.05) is 0 Å². The first-order valence-electron chi connectivity index (χ1n) is 3.92. The summed E-state index contributed by atoms with van der Waals surface area (Å²) < 4.78 is 9.94. The van der Waals surface area contributed by atoms with Gasteiger partial charge in [0.05, 0.1) is 19.8 Å². The van der Waals surface area contributed by atoms with Crippen molar-refractivity contribution in [1.82, 2.24) is 0 Å². The number of carbonyl (C=O) groups is 1. The quantitative estimate of drug-likeness (QED) is 0.684. The number of benzene rings is 1. The summed E-state index contributed by atoms with van der Waals surface area (Å²) in [6.45, 7) is 0. The molecule has 0 aliphatic carbocycles. The van der Waals surface area contributed by atoms with E-state index in [9.17, 15) is 4.79 Å². The molecule has 0 atom stereocenters. The molecule has 0 aliphatic rings. The summed E-state index contributed by atoms with van der Waals surface area (Å²) >= 11 is 0. The van der Waals surface area contributed by atoms with Gasteiger partial charge in [0.25, 0.3) is 5.91 Å². The molecule has 0 bridgehead atoms. The van der Waals surface area contributed by atoms with Crippen LogP contribution in [-0.2, 0) is 0 Å². The summed E-state index contributed by atoms with van der Waals surface area (Å²) in [6, 6.07) is 3.08. The standard InChI is InChI=1S/C9H12N2O3/c1-13-6-4-3-5(9(11)12)8(14-2)7(6)10/h3-4H,10H2,1-2H3,(H2,11,12). The fourth-order valence-corrected chi connectivity index (χ4v) is 1.17. The lowest BCUT2D eigenvalue weighted by atomic mass is 10.1. The number of hydrogen-bond acceptors (Lipinski definition) is 4. The maximum Gasteiger partial charge on any atom is 0.252 e. The highest BCUT2D eigenvalue weighted by Crippen LogP contribution is 2.34. The van der Waals surface area contributed by atoms with Gasteiger partial charge in [0.15, 0.2) is 5.75 Å². The predicted molar refractivity (Wildman–Crippen MR) is 52.5 cm³/mol. The second-order valence-electron chi connectivity index (χ2n) is 2.63. The average molecular weight is 196 g/mol. The molecule has 0 saturated carbocycles. The lowest BCUT2D eigenvalue weighted by Gasteiger charge is -2.11. The van der Waals surface area contributed by atoms with Crippen molar-refractivity contribution >= 4 is 11.6 Å². The van der Waals surface area contributed by atoms with Crippen LogP contribution in [0.25, 0.3) is 0 Å². The second-order valence-corrected chi connectivity index (χ2v) is 2.63. The van der Waals surface area contributed by atoms with Gasteiger partial charge < -0.3 is 20.9 Å². The van der Waals surface area contributed by atoms with Crippen LogP contribution in [-0.4, -0.2) is 20.1 Å². The van der Waals surface area contributed by atoms with E-state index in [1.54, 1.807) is 6.07 Å². The van der Waals surface area contributed by atoms with Crippen molar-refractivity contribution in [3.05, 3.63) is 17.7 Å². The summed E-state index contributed by atoms with van der Waals surface area (Å²) in [6.07, 6.45) is 0. The van der Waals surface area contributed by atoms with Crippen molar-refractivity contribution in [3.8, 4) is 11.5 Å². The van der Waals surface area contributed by atoms with Crippen molar-refractivity contribution in [2.75, 3.05) is 20.0 Å². The van der Waals surface area contributed by atoms with Gasteiger partial charge in [-0.25, -0.2) is 0 Å². The van der Waals surface area contributed by atoms with Crippen LogP contribution in [0.3, 0.4) is 0 Å². The highest BCUT2D eigenvalue weighted by Gasteiger charge is 2.15. The summed E-state index contributed by atoms with van der Waals surface area (Å²) in [5.41, 5.74) is 11.3. The van der Waals surface area contributed by atoms with Crippen LogP contribution < -0.4 is 20.9 Å². The summed E-state index contributed by atoms with van der Waals surface area (Å²) in [5, 5.41) is 0. The van der Waals surface area contributed by atoms with Crippen LogP contribution in [0.2, 0.25) is 0 Å². The number of ether oxygens (including phenoxy) is 2. The molecule has 0 radical (unpaired) electrons. The first-order valence-corrected chi connectivity index (χ1v) is 3.92. The Morgan fingerprint density at radius 2 is 1.93 bits per heavy atom. The largest absolute Gasteiger partial charge is 0.494 e. The van der Waals surface area contributed by atoms with Crippen LogP contribution in [0, 0.1) is 0 Å². The van der Waals surface area contributed by atoms with Gasteiger partial charge in [-0.2, -0.15) is 0 Å². The Morgan fingerprint density at radius 1 is 1.29 bits per heavy atom.